The summed E-state index contributed by atoms with van der Waals surface area (Å²) in [5.41, 5.74) is 6.20. The number of fused-ring (bicyclic) bond motifs is 1. The number of halogens is 1. The first-order valence-electron chi connectivity index (χ1n) is 7.45. The van der Waals surface area contributed by atoms with E-state index in [0.29, 0.717) is 5.56 Å². The maximum absolute atomic E-state index is 14.3. The Kier molecular flexibility index (Phi) is 3.54. The second-order valence-corrected chi connectivity index (χ2v) is 5.46. The molecule has 0 saturated carbocycles. The molecule has 0 spiro atoms. The van der Waals surface area contributed by atoms with Crippen LogP contribution in [0.2, 0.25) is 0 Å². The maximum Gasteiger partial charge on any atom is 0.252 e. The molecule has 8 nitrogen and oxygen atoms in total. The summed E-state index contributed by atoms with van der Waals surface area (Å²) in [5.74, 6) is -1.49. The van der Waals surface area contributed by atoms with Crippen LogP contribution in [0.25, 0.3) is 17.5 Å². The highest BCUT2D eigenvalue weighted by Crippen LogP contribution is 2.35. The SMILES string of the molecule is NC(=O)c1cccc2c1O/C(=C\c1ccc(-c3nn[nH]n3)c(F)c1)C2=O. The minimum atomic E-state index is -0.702. The number of rotatable bonds is 3. The summed E-state index contributed by atoms with van der Waals surface area (Å²) in [6.45, 7) is 0. The number of hydrogen-bond acceptors (Lipinski definition) is 6. The Morgan fingerprint density at radius 2 is 2.08 bits per heavy atom. The van der Waals surface area contributed by atoms with Crippen molar-refractivity contribution in [2.45, 2.75) is 0 Å². The molecule has 0 aliphatic carbocycles. The van der Waals surface area contributed by atoms with Crippen LogP contribution >= 0.6 is 0 Å². The molecule has 4 rings (SSSR count). The second-order valence-electron chi connectivity index (χ2n) is 5.46. The minimum Gasteiger partial charge on any atom is -0.452 e. The van der Waals surface area contributed by atoms with Crippen LogP contribution in [0.3, 0.4) is 0 Å². The van der Waals surface area contributed by atoms with E-state index in [4.69, 9.17) is 10.5 Å². The van der Waals surface area contributed by atoms with Crippen molar-refractivity contribution in [3.05, 3.63) is 64.7 Å². The summed E-state index contributed by atoms with van der Waals surface area (Å²) in [6, 6.07) is 8.81. The molecule has 1 amide bonds. The number of tetrazole rings is 1. The summed E-state index contributed by atoms with van der Waals surface area (Å²) in [5, 5.41) is 13.1. The molecule has 0 saturated heterocycles. The lowest BCUT2D eigenvalue weighted by Crippen LogP contribution is -2.11. The Bertz CT molecular complexity index is 1080. The fourth-order valence-corrected chi connectivity index (χ4v) is 2.63. The standard InChI is InChI=1S/C17H10FN5O3/c18-12-6-8(4-5-9(12)17-20-22-23-21-17)7-13-14(24)10-2-1-3-11(16(19)25)15(10)26-13/h1-7H,(H2,19,25)(H,20,21,22,23)/b13-7-. The Labute approximate surface area is 145 Å². The first kappa shape index (κ1) is 15.6. The van der Waals surface area contributed by atoms with Gasteiger partial charge in [0.25, 0.3) is 5.91 Å². The number of nitrogens with zero attached hydrogens (tertiary/aromatic N) is 3. The highest BCUT2D eigenvalue weighted by Gasteiger charge is 2.30. The number of hydrogen-bond donors (Lipinski definition) is 2. The zero-order valence-electron chi connectivity index (χ0n) is 13.1. The van der Waals surface area contributed by atoms with Gasteiger partial charge in [-0.2, -0.15) is 5.21 Å². The Morgan fingerprint density at radius 1 is 1.23 bits per heavy atom. The molecule has 1 aliphatic heterocycles. The van der Waals surface area contributed by atoms with Gasteiger partial charge in [-0.3, -0.25) is 9.59 Å². The summed E-state index contributed by atoms with van der Waals surface area (Å²) >= 11 is 0. The lowest BCUT2D eigenvalue weighted by Gasteiger charge is -2.03. The molecule has 0 atom stereocenters. The number of amides is 1. The predicted molar refractivity (Wildman–Crippen MR) is 87.5 cm³/mol. The smallest absolute Gasteiger partial charge is 0.252 e. The van der Waals surface area contributed by atoms with E-state index >= 15 is 0 Å². The van der Waals surface area contributed by atoms with Crippen LogP contribution in [0.4, 0.5) is 4.39 Å². The molecule has 26 heavy (non-hydrogen) atoms. The quantitative estimate of drug-likeness (QED) is 0.693. The van der Waals surface area contributed by atoms with E-state index in [1.807, 2.05) is 0 Å². The molecule has 128 valence electrons. The molecule has 3 aromatic rings. The number of primary amides is 1. The first-order chi connectivity index (χ1) is 12.5. The van der Waals surface area contributed by atoms with Crippen LogP contribution in [0.1, 0.15) is 26.3 Å². The number of H-pyrrole nitrogens is 1. The van der Waals surface area contributed by atoms with Gasteiger partial charge in [0.15, 0.2) is 11.5 Å². The highest BCUT2D eigenvalue weighted by molar-refractivity contribution is 6.16. The van der Waals surface area contributed by atoms with Gasteiger partial charge in [0, 0.05) is 0 Å². The van der Waals surface area contributed by atoms with E-state index < -0.39 is 17.5 Å². The monoisotopic (exact) mass is 351 g/mol. The summed E-state index contributed by atoms with van der Waals surface area (Å²) < 4.78 is 19.8. The first-order valence-corrected chi connectivity index (χ1v) is 7.45. The van der Waals surface area contributed by atoms with Crippen molar-refractivity contribution in [1.29, 1.82) is 0 Å². The van der Waals surface area contributed by atoms with Gasteiger partial charge in [-0.25, -0.2) is 4.39 Å². The normalized spacial score (nSPS) is 14.3. The van der Waals surface area contributed by atoms with Gasteiger partial charge in [-0.15, -0.1) is 10.2 Å². The van der Waals surface area contributed by atoms with Crippen LogP contribution in [0.15, 0.2) is 42.2 Å². The number of benzene rings is 2. The number of aromatic amines is 1. The highest BCUT2D eigenvalue weighted by atomic mass is 19.1. The fraction of sp³-hybridized carbons (Fsp3) is 0. The van der Waals surface area contributed by atoms with E-state index in [9.17, 15) is 14.0 Å². The van der Waals surface area contributed by atoms with Gasteiger partial charge < -0.3 is 10.5 Å². The average molecular weight is 351 g/mol. The molecule has 2 heterocycles. The number of ether oxygens (including phenoxy) is 1. The number of nitrogens with one attached hydrogen (secondary N) is 1. The fourth-order valence-electron chi connectivity index (χ4n) is 2.63. The van der Waals surface area contributed by atoms with Gasteiger partial charge in [-0.1, -0.05) is 12.1 Å². The lowest BCUT2D eigenvalue weighted by molar-refractivity contribution is 0.0991. The van der Waals surface area contributed by atoms with Gasteiger partial charge in [0.05, 0.1) is 16.7 Å². The minimum absolute atomic E-state index is 0.0274. The molecule has 3 N–H and O–H groups in total. The van der Waals surface area contributed by atoms with Crippen molar-refractivity contribution >= 4 is 17.8 Å². The number of aromatic nitrogens is 4. The number of carbonyl (C=O) groups excluding carboxylic acids is 2. The maximum atomic E-state index is 14.3. The van der Waals surface area contributed by atoms with E-state index in [0.717, 1.165) is 0 Å². The second kappa shape index (κ2) is 5.88. The Balaban J connectivity index is 1.70. The predicted octanol–water partition coefficient (Wildman–Crippen LogP) is 1.72. The molecule has 0 bridgehead atoms. The van der Waals surface area contributed by atoms with Gasteiger partial charge >= 0.3 is 0 Å². The van der Waals surface area contributed by atoms with Crippen molar-refractivity contribution in [1.82, 2.24) is 20.6 Å². The molecule has 0 unspecified atom stereocenters. The zero-order valence-corrected chi connectivity index (χ0v) is 13.1. The molecule has 0 radical (unpaired) electrons. The number of carbonyl (C=O) groups is 2. The molecule has 2 aromatic carbocycles. The lowest BCUT2D eigenvalue weighted by atomic mass is 10.0. The molecule has 0 fully saturated rings. The molecular formula is C17H10FN5O3. The number of para-hydroxylation sites is 1. The van der Waals surface area contributed by atoms with Crippen LogP contribution in [-0.4, -0.2) is 32.3 Å². The number of ketones is 1. The third-order valence-corrected chi connectivity index (χ3v) is 3.84. The third-order valence-electron chi connectivity index (χ3n) is 3.84. The van der Waals surface area contributed by atoms with E-state index in [1.54, 1.807) is 12.1 Å². The Morgan fingerprint density at radius 3 is 2.77 bits per heavy atom. The van der Waals surface area contributed by atoms with Crippen molar-refractivity contribution in [2.24, 2.45) is 5.73 Å². The van der Waals surface area contributed by atoms with Gasteiger partial charge in [-0.05, 0) is 41.1 Å². The average Bonchev–Trinajstić information content (AvgIpc) is 3.24. The van der Waals surface area contributed by atoms with Crippen molar-refractivity contribution < 1.29 is 18.7 Å². The summed E-state index contributed by atoms with van der Waals surface area (Å²) in [7, 11) is 0. The number of nitrogens with two attached hydrogens (primary N) is 1. The van der Waals surface area contributed by atoms with Crippen molar-refractivity contribution in [2.75, 3.05) is 0 Å². The Hall–Kier alpha value is -3.88. The van der Waals surface area contributed by atoms with E-state index in [-0.39, 0.29) is 34.0 Å². The molecule has 1 aromatic heterocycles. The van der Waals surface area contributed by atoms with Crippen LogP contribution < -0.4 is 10.5 Å². The van der Waals surface area contributed by atoms with Crippen molar-refractivity contribution in [3.8, 4) is 17.1 Å². The summed E-state index contributed by atoms with van der Waals surface area (Å²) in [6.07, 6.45) is 1.39. The van der Waals surface area contributed by atoms with Crippen LogP contribution in [-0.2, 0) is 0 Å². The largest absolute Gasteiger partial charge is 0.452 e. The topological polar surface area (TPSA) is 124 Å². The van der Waals surface area contributed by atoms with Crippen molar-refractivity contribution in [3.63, 3.8) is 0 Å². The van der Waals surface area contributed by atoms with Crippen LogP contribution in [0.5, 0.6) is 5.75 Å². The molecule has 9 heteroatoms. The molecular weight excluding hydrogens is 341 g/mol. The van der Waals surface area contributed by atoms with E-state index in [2.05, 4.69) is 20.6 Å². The summed E-state index contributed by atoms with van der Waals surface area (Å²) in [4.78, 5) is 23.9. The third kappa shape index (κ3) is 2.51. The van der Waals surface area contributed by atoms with E-state index in [1.165, 1.54) is 30.3 Å². The molecule has 1 aliphatic rings. The number of Topliss-reactive ketones (excluding diaryl/α,β-unsaturated/α-hetero) is 1. The number of allylic oxidation sites excluding steroid dienone is 1. The zero-order chi connectivity index (χ0) is 18.3. The van der Waals surface area contributed by atoms with Gasteiger partial charge in [0.2, 0.25) is 11.6 Å². The van der Waals surface area contributed by atoms with Crippen LogP contribution in [0, 0.1) is 5.82 Å². The van der Waals surface area contributed by atoms with Gasteiger partial charge in [0.1, 0.15) is 5.82 Å².